The fraction of sp³-hybridized carbons (Fsp3) is 0.314. The first-order chi connectivity index (χ1) is 20.5. The third-order valence-electron chi connectivity index (χ3n) is 8.31. The van der Waals surface area contributed by atoms with E-state index in [9.17, 15) is 9.59 Å². The van der Waals surface area contributed by atoms with Crippen LogP contribution < -0.4 is 14.8 Å². The summed E-state index contributed by atoms with van der Waals surface area (Å²) in [7, 11) is 1.60. The summed E-state index contributed by atoms with van der Waals surface area (Å²) >= 11 is 0. The highest BCUT2D eigenvalue weighted by molar-refractivity contribution is 6.02. The molecule has 0 spiro atoms. The molecule has 1 N–H and O–H groups in total. The Morgan fingerprint density at radius 2 is 1.74 bits per heavy atom. The molecule has 1 atom stereocenters. The summed E-state index contributed by atoms with van der Waals surface area (Å²) in [5, 5.41) is 2.83. The summed E-state index contributed by atoms with van der Waals surface area (Å²) in [6.07, 6.45) is 5.04. The van der Waals surface area contributed by atoms with Gasteiger partial charge in [-0.25, -0.2) is 0 Å². The van der Waals surface area contributed by atoms with Gasteiger partial charge in [0, 0.05) is 18.2 Å². The largest absolute Gasteiger partial charge is 0.497 e. The zero-order chi connectivity index (χ0) is 29.1. The van der Waals surface area contributed by atoms with Gasteiger partial charge in [-0.15, -0.1) is 0 Å². The van der Waals surface area contributed by atoms with E-state index >= 15 is 0 Å². The van der Waals surface area contributed by atoms with E-state index in [1.54, 1.807) is 43.5 Å². The summed E-state index contributed by atoms with van der Waals surface area (Å²) in [5.41, 5.74) is 5.28. The second-order valence-corrected chi connectivity index (χ2v) is 11.2. The fourth-order valence-corrected chi connectivity index (χ4v) is 6.13. The first-order valence-corrected chi connectivity index (χ1v) is 14.7. The minimum atomic E-state index is -0.340. The SMILES string of the molecule is COc1ccc(NC(=O)c2ccc(COc3ccc4c(c3)C(c3cccc(C)c3)N(C(=O)C3CCCC3)CC4)o2)cc1. The van der Waals surface area contributed by atoms with Gasteiger partial charge in [-0.05, 0) is 91.4 Å². The van der Waals surface area contributed by atoms with Crippen molar-refractivity contribution in [1.82, 2.24) is 4.90 Å². The molecule has 1 saturated carbocycles. The summed E-state index contributed by atoms with van der Waals surface area (Å²) in [6, 6.07) is 25.0. The average molecular weight is 565 g/mol. The molecule has 1 aliphatic heterocycles. The Morgan fingerprint density at radius 1 is 0.952 bits per heavy atom. The van der Waals surface area contributed by atoms with Gasteiger partial charge in [0.1, 0.15) is 23.9 Å². The first-order valence-electron chi connectivity index (χ1n) is 14.7. The molecule has 6 rings (SSSR count). The number of benzene rings is 3. The first kappa shape index (κ1) is 27.6. The quantitative estimate of drug-likeness (QED) is 0.247. The zero-order valence-electron chi connectivity index (χ0n) is 24.1. The predicted octanol–water partition coefficient (Wildman–Crippen LogP) is 7.09. The van der Waals surface area contributed by atoms with E-state index in [0.29, 0.717) is 22.9 Å². The summed E-state index contributed by atoms with van der Waals surface area (Å²) in [5.74, 6) is 2.21. The minimum Gasteiger partial charge on any atom is -0.497 e. The number of anilines is 1. The van der Waals surface area contributed by atoms with E-state index < -0.39 is 0 Å². The van der Waals surface area contributed by atoms with Crippen LogP contribution in [0.15, 0.2) is 83.3 Å². The molecular weight excluding hydrogens is 528 g/mol. The van der Waals surface area contributed by atoms with Crippen molar-refractivity contribution in [2.75, 3.05) is 19.0 Å². The van der Waals surface area contributed by atoms with E-state index in [0.717, 1.165) is 49.8 Å². The lowest BCUT2D eigenvalue weighted by atomic mass is 9.86. The van der Waals surface area contributed by atoms with Gasteiger partial charge in [0.2, 0.25) is 5.91 Å². The molecule has 42 heavy (non-hydrogen) atoms. The van der Waals surface area contributed by atoms with Crippen molar-refractivity contribution < 1.29 is 23.5 Å². The number of nitrogens with one attached hydrogen (secondary N) is 1. The third-order valence-corrected chi connectivity index (χ3v) is 8.31. The van der Waals surface area contributed by atoms with Crippen LogP contribution in [0, 0.1) is 12.8 Å². The van der Waals surface area contributed by atoms with Gasteiger partial charge in [-0.3, -0.25) is 9.59 Å². The topological polar surface area (TPSA) is 81.0 Å². The number of nitrogens with zero attached hydrogens (tertiary/aromatic N) is 1. The van der Waals surface area contributed by atoms with E-state index in [1.807, 2.05) is 6.07 Å². The second-order valence-electron chi connectivity index (χ2n) is 11.2. The summed E-state index contributed by atoms with van der Waals surface area (Å²) < 4.78 is 17.1. The molecule has 2 amide bonds. The van der Waals surface area contributed by atoms with E-state index in [1.165, 1.54) is 11.1 Å². The van der Waals surface area contributed by atoms with Crippen LogP contribution in [0.3, 0.4) is 0 Å². The van der Waals surface area contributed by atoms with Gasteiger partial charge in [-0.2, -0.15) is 0 Å². The number of hydrogen-bond acceptors (Lipinski definition) is 5. The Morgan fingerprint density at radius 3 is 2.50 bits per heavy atom. The number of carbonyl (C=O) groups is 2. The zero-order valence-corrected chi connectivity index (χ0v) is 24.1. The Bertz CT molecular complexity index is 1570. The highest BCUT2D eigenvalue weighted by Gasteiger charge is 2.36. The van der Waals surface area contributed by atoms with Crippen LogP contribution in [0.25, 0.3) is 0 Å². The number of ether oxygens (including phenoxy) is 2. The van der Waals surface area contributed by atoms with Crippen LogP contribution in [0.2, 0.25) is 0 Å². The number of methoxy groups -OCH3 is 1. The Kier molecular flexibility index (Phi) is 8.00. The molecule has 1 aliphatic carbocycles. The number of fused-ring (bicyclic) bond motifs is 1. The molecule has 1 unspecified atom stereocenters. The van der Waals surface area contributed by atoms with Crippen molar-refractivity contribution in [3.8, 4) is 11.5 Å². The van der Waals surface area contributed by atoms with Crippen LogP contribution >= 0.6 is 0 Å². The van der Waals surface area contributed by atoms with Gasteiger partial charge in [0.05, 0.1) is 13.2 Å². The molecule has 7 heteroatoms. The lowest BCUT2D eigenvalue weighted by Crippen LogP contribution is -2.43. The monoisotopic (exact) mass is 564 g/mol. The van der Waals surface area contributed by atoms with E-state index in [-0.39, 0.29) is 36.1 Å². The van der Waals surface area contributed by atoms with Gasteiger partial charge < -0.3 is 24.1 Å². The van der Waals surface area contributed by atoms with E-state index in [2.05, 4.69) is 53.5 Å². The maximum atomic E-state index is 13.7. The third kappa shape index (κ3) is 5.91. The normalized spacial score (nSPS) is 16.6. The molecule has 1 aromatic heterocycles. The van der Waals surface area contributed by atoms with Gasteiger partial charge in [-0.1, -0.05) is 48.7 Å². The standard InChI is InChI=1S/C35H36N2O5/c1-23-6-5-9-26(20-23)33-31-21-29(13-10-24(31)18-19-37(33)35(39)25-7-3-4-8-25)41-22-30-16-17-32(42-30)34(38)36-27-11-14-28(40-2)15-12-27/h5-6,9-17,20-21,25,33H,3-4,7-8,18-19,22H2,1-2H3,(H,36,38). The maximum Gasteiger partial charge on any atom is 0.291 e. The van der Waals surface area contributed by atoms with Crippen LogP contribution in [-0.4, -0.2) is 30.4 Å². The molecule has 3 aromatic carbocycles. The van der Waals surface area contributed by atoms with Crippen molar-refractivity contribution in [3.63, 3.8) is 0 Å². The molecule has 0 radical (unpaired) electrons. The Balaban J connectivity index is 1.19. The molecule has 7 nitrogen and oxygen atoms in total. The van der Waals surface area contributed by atoms with Gasteiger partial charge in [0.25, 0.3) is 5.91 Å². The highest BCUT2D eigenvalue weighted by atomic mass is 16.5. The lowest BCUT2D eigenvalue weighted by molar-refractivity contribution is -0.137. The molecule has 0 saturated heterocycles. The molecule has 216 valence electrons. The number of rotatable bonds is 8. The number of hydrogen-bond donors (Lipinski definition) is 1. The van der Waals surface area contributed by atoms with Crippen molar-refractivity contribution in [1.29, 1.82) is 0 Å². The summed E-state index contributed by atoms with van der Waals surface area (Å²) in [4.78, 5) is 28.5. The Hall–Kier alpha value is -4.52. The highest BCUT2D eigenvalue weighted by Crippen LogP contribution is 2.40. The molecule has 4 aromatic rings. The maximum absolute atomic E-state index is 13.7. The smallest absolute Gasteiger partial charge is 0.291 e. The molecular formula is C35H36N2O5. The molecule has 0 bridgehead atoms. The molecule has 1 fully saturated rings. The van der Waals surface area contributed by atoms with Crippen molar-refractivity contribution in [3.05, 3.63) is 113 Å². The predicted molar refractivity (Wildman–Crippen MR) is 161 cm³/mol. The van der Waals surface area contributed by atoms with Crippen LogP contribution in [0.4, 0.5) is 5.69 Å². The van der Waals surface area contributed by atoms with Crippen LogP contribution in [-0.2, 0) is 17.8 Å². The number of aryl methyl sites for hydroxylation is 1. The van der Waals surface area contributed by atoms with Crippen LogP contribution in [0.1, 0.15) is 70.3 Å². The Labute approximate surface area is 246 Å². The number of carbonyl (C=O) groups excluding carboxylic acids is 2. The average Bonchev–Trinajstić information content (AvgIpc) is 3.73. The van der Waals surface area contributed by atoms with Gasteiger partial charge >= 0.3 is 0 Å². The van der Waals surface area contributed by atoms with Gasteiger partial charge in [0.15, 0.2) is 5.76 Å². The fourth-order valence-electron chi connectivity index (χ4n) is 6.13. The second kappa shape index (κ2) is 12.1. The van der Waals surface area contributed by atoms with Crippen molar-refractivity contribution in [2.45, 2.75) is 51.7 Å². The van der Waals surface area contributed by atoms with Crippen molar-refractivity contribution in [2.24, 2.45) is 5.92 Å². The number of furan rings is 1. The molecule has 2 aliphatic rings. The van der Waals surface area contributed by atoms with E-state index in [4.69, 9.17) is 13.9 Å². The lowest BCUT2D eigenvalue weighted by Gasteiger charge is -2.39. The van der Waals surface area contributed by atoms with Crippen molar-refractivity contribution >= 4 is 17.5 Å². The minimum absolute atomic E-state index is 0.119. The number of amides is 2. The summed E-state index contributed by atoms with van der Waals surface area (Å²) in [6.45, 7) is 2.98. The molecule has 2 heterocycles. The van der Waals surface area contributed by atoms with Crippen LogP contribution in [0.5, 0.6) is 11.5 Å².